The van der Waals surface area contributed by atoms with E-state index in [9.17, 15) is 4.79 Å². The van der Waals surface area contributed by atoms with E-state index in [1.54, 1.807) is 19.2 Å². The monoisotopic (exact) mass is 471 g/mol. The molecule has 1 saturated carbocycles. The Morgan fingerprint density at radius 2 is 1.89 bits per heavy atom. The van der Waals surface area contributed by atoms with Crippen LogP contribution < -0.4 is 9.47 Å². The summed E-state index contributed by atoms with van der Waals surface area (Å²) in [6, 6.07) is 20.8. The van der Waals surface area contributed by atoms with E-state index in [2.05, 4.69) is 6.92 Å². The number of benzene rings is 2. The quantitative estimate of drug-likeness (QED) is 0.289. The van der Waals surface area contributed by atoms with Crippen LogP contribution in [0.3, 0.4) is 0 Å². The molecule has 1 amide bonds. The van der Waals surface area contributed by atoms with E-state index in [-0.39, 0.29) is 5.91 Å². The van der Waals surface area contributed by atoms with Gasteiger partial charge in [0.05, 0.1) is 36.9 Å². The molecule has 4 aromatic rings. The predicted molar refractivity (Wildman–Crippen MR) is 132 cm³/mol. The number of nitrogens with zero attached hydrogens (tertiary/aromatic N) is 3. The van der Waals surface area contributed by atoms with E-state index < -0.39 is 0 Å². The van der Waals surface area contributed by atoms with Crippen LogP contribution in [-0.2, 0) is 13.0 Å². The maximum absolute atomic E-state index is 13.4. The third-order valence-electron chi connectivity index (χ3n) is 6.15. The summed E-state index contributed by atoms with van der Waals surface area (Å²) in [5.74, 6) is 2.67. The highest BCUT2D eigenvalue weighted by Crippen LogP contribution is 2.35. The second-order valence-corrected chi connectivity index (χ2v) is 8.72. The Balaban J connectivity index is 1.57. The Labute approximate surface area is 204 Å². The van der Waals surface area contributed by atoms with Crippen molar-refractivity contribution in [3.05, 3.63) is 90.0 Å². The molecule has 35 heavy (non-hydrogen) atoms. The van der Waals surface area contributed by atoms with Crippen molar-refractivity contribution >= 4 is 5.91 Å². The highest BCUT2D eigenvalue weighted by atomic mass is 16.5. The number of aromatic nitrogens is 2. The minimum atomic E-state index is -0.122. The van der Waals surface area contributed by atoms with Crippen molar-refractivity contribution in [2.75, 3.05) is 13.7 Å². The fourth-order valence-corrected chi connectivity index (χ4v) is 4.12. The van der Waals surface area contributed by atoms with E-state index in [0.29, 0.717) is 48.6 Å². The van der Waals surface area contributed by atoms with Crippen LogP contribution in [0.15, 0.2) is 77.4 Å². The Bertz CT molecular complexity index is 1280. The fourth-order valence-electron chi connectivity index (χ4n) is 4.12. The first-order chi connectivity index (χ1) is 17.2. The average Bonchev–Trinajstić information content (AvgIpc) is 3.41. The van der Waals surface area contributed by atoms with E-state index >= 15 is 0 Å². The predicted octanol–water partition coefficient (Wildman–Crippen LogP) is 5.88. The second kappa shape index (κ2) is 10.1. The van der Waals surface area contributed by atoms with Crippen LogP contribution in [0.4, 0.5) is 0 Å². The zero-order valence-corrected chi connectivity index (χ0v) is 20.0. The standard InChI is InChI=1S/C28H29N3O4/c1-3-25-24(19-30(18-20-14-15-20)27(32)26-13-8-16-34-26)28(31(29-25)21-9-5-4-6-10-21)35-23-12-7-11-22(17-23)33-2/h4-13,16-17,20H,3,14-15,18-19H2,1-2H3. The molecule has 5 rings (SSSR count). The molecular weight excluding hydrogens is 442 g/mol. The van der Waals surface area contributed by atoms with Gasteiger partial charge in [0, 0.05) is 12.6 Å². The number of hydrogen-bond donors (Lipinski definition) is 0. The van der Waals surface area contributed by atoms with Crippen LogP contribution in [0.2, 0.25) is 0 Å². The normalized spacial score (nSPS) is 13.0. The van der Waals surface area contributed by atoms with Crippen molar-refractivity contribution in [3.63, 3.8) is 0 Å². The van der Waals surface area contributed by atoms with Crippen molar-refractivity contribution in [1.82, 2.24) is 14.7 Å². The highest BCUT2D eigenvalue weighted by molar-refractivity contribution is 5.91. The van der Waals surface area contributed by atoms with Gasteiger partial charge in [-0.1, -0.05) is 31.2 Å². The van der Waals surface area contributed by atoms with E-state index in [1.165, 1.54) is 6.26 Å². The number of amides is 1. The molecule has 0 radical (unpaired) electrons. The summed E-state index contributed by atoms with van der Waals surface area (Å²) in [6.45, 7) is 3.12. The number of para-hydroxylation sites is 1. The lowest BCUT2D eigenvalue weighted by molar-refractivity contribution is 0.0701. The van der Waals surface area contributed by atoms with Crippen molar-refractivity contribution in [3.8, 4) is 23.1 Å². The van der Waals surface area contributed by atoms with Crippen LogP contribution in [-0.4, -0.2) is 34.2 Å². The molecule has 0 unspecified atom stereocenters. The number of carbonyl (C=O) groups is 1. The first kappa shape index (κ1) is 22.8. The molecule has 0 saturated heterocycles. The highest BCUT2D eigenvalue weighted by Gasteiger charge is 2.31. The van der Waals surface area contributed by atoms with E-state index in [1.807, 2.05) is 64.2 Å². The second-order valence-electron chi connectivity index (χ2n) is 8.72. The molecule has 180 valence electrons. The number of rotatable bonds is 10. The van der Waals surface area contributed by atoms with E-state index in [0.717, 1.165) is 29.8 Å². The molecule has 7 heteroatoms. The molecule has 0 spiro atoms. The number of carbonyl (C=O) groups excluding carboxylic acids is 1. The molecule has 0 bridgehead atoms. The molecule has 1 fully saturated rings. The summed E-state index contributed by atoms with van der Waals surface area (Å²) in [5, 5.41) is 4.91. The van der Waals surface area contributed by atoms with Crippen LogP contribution in [0, 0.1) is 5.92 Å². The summed E-state index contributed by atoms with van der Waals surface area (Å²) in [6.07, 6.45) is 4.51. The van der Waals surface area contributed by atoms with Crippen molar-refractivity contribution in [2.45, 2.75) is 32.7 Å². The molecule has 2 heterocycles. The van der Waals surface area contributed by atoms with Gasteiger partial charge in [0.2, 0.25) is 5.88 Å². The molecule has 2 aromatic carbocycles. The lowest BCUT2D eigenvalue weighted by Gasteiger charge is -2.22. The van der Waals surface area contributed by atoms with Crippen molar-refractivity contribution < 1.29 is 18.7 Å². The molecule has 0 aliphatic heterocycles. The zero-order valence-electron chi connectivity index (χ0n) is 20.0. The third-order valence-corrected chi connectivity index (χ3v) is 6.15. The van der Waals surface area contributed by atoms with Gasteiger partial charge in [-0.25, -0.2) is 4.68 Å². The molecule has 1 aliphatic rings. The topological polar surface area (TPSA) is 69.7 Å². The van der Waals surface area contributed by atoms with Gasteiger partial charge in [-0.3, -0.25) is 4.79 Å². The summed E-state index contributed by atoms with van der Waals surface area (Å²) >= 11 is 0. The summed E-state index contributed by atoms with van der Waals surface area (Å²) < 4.78 is 19.1. The Hall–Kier alpha value is -4.00. The number of aryl methyl sites for hydroxylation is 1. The fraction of sp³-hybridized carbons (Fsp3) is 0.286. The smallest absolute Gasteiger partial charge is 0.289 e. The number of methoxy groups -OCH3 is 1. The van der Waals surface area contributed by atoms with Crippen LogP contribution in [0.25, 0.3) is 5.69 Å². The van der Waals surface area contributed by atoms with Gasteiger partial charge in [-0.2, -0.15) is 5.10 Å². The first-order valence-corrected chi connectivity index (χ1v) is 12.0. The zero-order chi connectivity index (χ0) is 24.2. The van der Waals surface area contributed by atoms with E-state index in [4.69, 9.17) is 19.0 Å². The van der Waals surface area contributed by atoms with Gasteiger partial charge in [0.1, 0.15) is 11.5 Å². The van der Waals surface area contributed by atoms with Gasteiger partial charge < -0.3 is 18.8 Å². The van der Waals surface area contributed by atoms with Gasteiger partial charge >= 0.3 is 0 Å². The lowest BCUT2D eigenvalue weighted by atomic mass is 10.1. The van der Waals surface area contributed by atoms with Crippen LogP contribution in [0.1, 0.15) is 41.6 Å². The van der Waals surface area contributed by atoms with Crippen LogP contribution in [0.5, 0.6) is 17.4 Å². The Morgan fingerprint density at radius 1 is 1.09 bits per heavy atom. The van der Waals surface area contributed by atoms with Gasteiger partial charge in [0.15, 0.2) is 5.76 Å². The first-order valence-electron chi connectivity index (χ1n) is 12.0. The van der Waals surface area contributed by atoms with Crippen molar-refractivity contribution in [2.24, 2.45) is 5.92 Å². The SMILES string of the molecule is CCc1nn(-c2ccccc2)c(Oc2cccc(OC)c2)c1CN(CC1CC1)C(=O)c1ccco1. The molecule has 0 N–H and O–H groups in total. The molecule has 2 aromatic heterocycles. The number of furan rings is 1. The van der Waals surface area contributed by atoms with Gasteiger partial charge in [-0.05, 0) is 61.6 Å². The third kappa shape index (κ3) is 5.09. The molecule has 1 aliphatic carbocycles. The van der Waals surface area contributed by atoms with Crippen LogP contribution >= 0.6 is 0 Å². The summed E-state index contributed by atoms with van der Waals surface area (Å²) in [5.41, 5.74) is 2.66. The minimum Gasteiger partial charge on any atom is -0.497 e. The summed E-state index contributed by atoms with van der Waals surface area (Å²) in [7, 11) is 1.63. The Kier molecular flexibility index (Phi) is 6.57. The average molecular weight is 472 g/mol. The van der Waals surface area contributed by atoms with Gasteiger partial charge in [-0.15, -0.1) is 0 Å². The van der Waals surface area contributed by atoms with Gasteiger partial charge in [0.25, 0.3) is 5.91 Å². The maximum atomic E-state index is 13.4. The van der Waals surface area contributed by atoms with Crippen molar-refractivity contribution in [1.29, 1.82) is 0 Å². The molecule has 0 atom stereocenters. The minimum absolute atomic E-state index is 0.122. The summed E-state index contributed by atoms with van der Waals surface area (Å²) in [4.78, 5) is 15.2. The number of hydrogen-bond acceptors (Lipinski definition) is 5. The Morgan fingerprint density at radius 3 is 2.57 bits per heavy atom. The molecule has 7 nitrogen and oxygen atoms in total. The largest absolute Gasteiger partial charge is 0.497 e. The maximum Gasteiger partial charge on any atom is 0.289 e. The molecular formula is C28H29N3O4. The lowest BCUT2D eigenvalue weighted by Crippen LogP contribution is -2.32. The number of ether oxygens (including phenoxy) is 2.